The molecular weight excluding hydrogens is 516 g/mol. The number of aliphatic hydroxyl groups excluding tert-OH is 2. The first-order valence-corrected chi connectivity index (χ1v) is 14.4. The molecule has 0 amide bonds. The van der Waals surface area contributed by atoms with Crippen molar-refractivity contribution in [3.63, 3.8) is 0 Å². The predicted octanol–water partition coefficient (Wildman–Crippen LogP) is 4.37. The molecular formula is C31H46O9. The first kappa shape index (κ1) is 32.0. The van der Waals surface area contributed by atoms with Gasteiger partial charge in [-0.3, -0.25) is 19.1 Å². The van der Waals surface area contributed by atoms with E-state index in [1.165, 1.54) is 6.92 Å². The summed E-state index contributed by atoms with van der Waals surface area (Å²) in [6.07, 6.45) is 0.0646. The van der Waals surface area contributed by atoms with Crippen molar-refractivity contribution in [1.29, 1.82) is 0 Å². The van der Waals surface area contributed by atoms with Crippen LogP contribution in [0, 0.1) is 28.6 Å². The van der Waals surface area contributed by atoms with Crippen molar-refractivity contribution < 1.29 is 43.5 Å². The number of carbonyl (C=O) groups is 3. The lowest BCUT2D eigenvalue weighted by Gasteiger charge is -2.62. The van der Waals surface area contributed by atoms with Gasteiger partial charge in [0.1, 0.15) is 6.10 Å². The Kier molecular flexibility index (Phi) is 10.1. The monoisotopic (exact) mass is 562 g/mol. The highest BCUT2D eigenvalue weighted by Gasteiger charge is 2.73. The molecule has 1 saturated carbocycles. The Morgan fingerprint density at radius 2 is 1.88 bits per heavy atom. The van der Waals surface area contributed by atoms with E-state index in [1.54, 1.807) is 19.1 Å². The Hall–Kier alpha value is -2.49. The van der Waals surface area contributed by atoms with Gasteiger partial charge in [0.25, 0.3) is 0 Å². The minimum Gasteiger partial charge on any atom is -0.458 e. The SMILES string of the molecule is C=CC(=C)CC[C@@]1(C)[C@@H](C)[C@@H](O)C(O)C23C(=C[C@@H](OC(=O)C(C)CC)C[C@@H]21)[C@H](OC(=O)CCC)O[C@@H]3OC(C)=O. The van der Waals surface area contributed by atoms with E-state index in [0.717, 1.165) is 5.57 Å². The van der Waals surface area contributed by atoms with Crippen molar-refractivity contribution in [3.8, 4) is 0 Å². The van der Waals surface area contributed by atoms with Crippen LogP contribution < -0.4 is 0 Å². The molecule has 0 aromatic rings. The van der Waals surface area contributed by atoms with Crippen LogP contribution >= 0.6 is 0 Å². The zero-order chi connectivity index (χ0) is 30.0. The largest absolute Gasteiger partial charge is 0.458 e. The molecule has 2 fully saturated rings. The van der Waals surface area contributed by atoms with Crippen molar-refractivity contribution in [3.05, 3.63) is 36.5 Å². The molecule has 3 rings (SSSR count). The highest BCUT2D eigenvalue weighted by Crippen LogP contribution is 2.67. The third kappa shape index (κ3) is 5.65. The minimum absolute atomic E-state index is 0.137. The molecule has 2 aliphatic carbocycles. The van der Waals surface area contributed by atoms with E-state index >= 15 is 0 Å². The van der Waals surface area contributed by atoms with Gasteiger partial charge in [0.05, 0.1) is 23.5 Å². The molecule has 2 N–H and O–H groups in total. The molecule has 1 saturated heterocycles. The van der Waals surface area contributed by atoms with Crippen molar-refractivity contribution in [1.82, 2.24) is 0 Å². The Morgan fingerprint density at radius 3 is 2.45 bits per heavy atom. The number of hydrogen-bond donors (Lipinski definition) is 2. The number of aliphatic hydroxyl groups is 2. The van der Waals surface area contributed by atoms with E-state index in [-0.39, 0.29) is 24.7 Å². The molecule has 0 aromatic carbocycles. The first-order valence-electron chi connectivity index (χ1n) is 14.4. The lowest BCUT2D eigenvalue weighted by atomic mass is 9.44. The van der Waals surface area contributed by atoms with E-state index in [2.05, 4.69) is 13.2 Å². The van der Waals surface area contributed by atoms with E-state index in [0.29, 0.717) is 31.3 Å². The van der Waals surface area contributed by atoms with E-state index < -0.39 is 65.5 Å². The van der Waals surface area contributed by atoms with Crippen LogP contribution in [0.2, 0.25) is 0 Å². The molecule has 0 bridgehead atoms. The Labute approximate surface area is 237 Å². The molecule has 1 aliphatic heterocycles. The number of ether oxygens (including phenoxy) is 4. The Bertz CT molecular complexity index is 1030. The number of carbonyl (C=O) groups excluding carboxylic acids is 3. The van der Waals surface area contributed by atoms with Crippen LogP contribution in [0.25, 0.3) is 0 Å². The van der Waals surface area contributed by atoms with Gasteiger partial charge in [0.2, 0.25) is 12.6 Å². The van der Waals surface area contributed by atoms with Gasteiger partial charge in [-0.15, -0.1) is 0 Å². The van der Waals surface area contributed by atoms with Crippen LogP contribution in [0.15, 0.2) is 36.5 Å². The summed E-state index contributed by atoms with van der Waals surface area (Å²) in [5, 5.41) is 23.3. The van der Waals surface area contributed by atoms with Crippen LogP contribution in [0.5, 0.6) is 0 Å². The molecule has 0 aromatic heterocycles. The molecule has 0 radical (unpaired) electrons. The third-order valence-corrected chi connectivity index (χ3v) is 9.48. The fourth-order valence-corrected chi connectivity index (χ4v) is 6.71. The molecule has 1 heterocycles. The summed E-state index contributed by atoms with van der Waals surface area (Å²) in [5.74, 6) is -2.76. The molecule has 1 spiro atoms. The molecule has 3 unspecified atom stereocenters. The Balaban J connectivity index is 2.23. The zero-order valence-electron chi connectivity index (χ0n) is 24.7. The van der Waals surface area contributed by atoms with E-state index in [4.69, 9.17) is 18.9 Å². The van der Waals surface area contributed by atoms with Crippen LogP contribution in [0.3, 0.4) is 0 Å². The highest BCUT2D eigenvalue weighted by atomic mass is 16.8. The van der Waals surface area contributed by atoms with Crippen molar-refractivity contribution in [2.75, 3.05) is 0 Å². The zero-order valence-corrected chi connectivity index (χ0v) is 24.7. The fraction of sp³-hybridized carbons (Fsp3) is 0.710. The van der Waals surface area contributed by atoms with Crippen LogP contribution in [-0.2, 0) is 33.3 Å². The van der Waals surface area contributed by atoms with Gasteiger partial charge in [-0.2, -0.15) is 0 Å². The normalized spacial score (nSPS) is 37.3. The number of hydrogen-bond acceptors (Lipinski definition) is 9. The fourth-order valence-electron chi connectivity index (χ4n) is 6.71. The smallest absolute Gasteiger partial charge is 0.309 e. The van der Waals surface area contributed by atoms with E-state index in [9.17, 15) is 24.6 Å². The summed E-state index contributed by atoms with van der Waals surface area (Å²) in [4.78, 5) is 37.8. The lowest BCUT2D eigenvalue weighted by molar-refractivity contribution is -0.274. The average Bonchev–Trinajstić information content (AvgIpc) is 3.20. The van der Waals surface area contributed by atoms with Gasteiger partial charge in [0, 0.05) is 18.9 Å². The van der Waals surface area contributed by atoms with Crippen LogP contribution in [0.1, 0.15) is 80.1 Å². The van der Waals surface area contributed by atoms with Gasteiger partial charge in [0.15, 0.2) is 0 Å². The van der Waals surface area contributed by atoms with E-state index in [1.807, 2.05) is 27.7 Å². The van der Waals surface area contributed by atoms with Gasteiger partial charge in [-0.1, -0.05) is 59.4 Å². The van der Waals surface area contributed by atoms with Gasteiger partial charge >= 0.3 is 17.9 Å². The first-order chi connectivity index (χ1) is 18.8. The second-order valence-electron chi connectivity index (χ2n) is 11.9. The third-order valence-electron chi connectivity index (χ3n) is 9.48. The Morgan fingerprint density at radius 1 is 1.20 bits per heavy atom. The van der Waals surface area contributed by atoms with Gasteiger partial charge in [-0.25, -0.2) is 0 Å². The standard InChI is InChI=1S/C31H46O9/c1-9-12-24(33)39-28-22-15-21(38-27(36)18(5)11-3)16-23-30(8,14-13-17(4)10-2)19(6)25(34)26(35)31(22,23)29(40-28)37-20(7)32/h10,15,18-19,21,23,25-26,28-29,34-35H,2,4,9,11-14,16H2,1,3,5-8H3/t18?,19-,21+,23+,25+,26?,28+,29-,30-,31?/m0/s1. The maximum atomic E-state index is 12.9. The minimum atomic E-state index is -1.45. The maximum absolute atomic E-state index is 12.9. The van der Waals surface area contributed by atoms with Crippen molar-refractivity contribution >= 4 is 17.9 Å². The summed E-state index contributed by atoms with van der Waals surface area (Å²) in [6.45, 7) is 18.5. The lowest BCUT2D eigenvalue weighted by Crippen LogP contribution is -2.68. The molecule has 10 atom stereocenters. The number of rotatable bonds is 11. The summed E-state index contributed by atoms with van der Waals surface area (Å²) in [6, 6.07) is 0. The number of allylic oxidation sites excluding steroid dienone is 2. The maximum Gasteiger partial charge on any atom is 0.309 e. The average molecular weight is 563 g/mol. The molecule has 9 nitrogen and oxygen atoms in total. The summed E-state index contributed by atoms with van der Waals surface area (Å²) in [7, 11) is 0. The highest BCUT2D eigenvalue weighted by molar-refractivity contribution is 5.72. The molecule has 224 valence electrons. The second-order valence-corrected chi connectivity index (χ2v) is 11.9. The topological polar surface area (TPSA) is 129 Å². The van der Waals surface area contributed by atoms with Crippen molar-refractivity contribution in [2.45, 2.75) is 111 Å². The summed E-state index contributed by atoms with van der Waals surface area (Å²) >= 11 is 0. The number of esters is 3. The van der Waals surface area contributed by atoms with Gasteiger partial charge in [-0.05, 0) is 55.4 Å². The summed E-state index contributed by atoms with van der Waals surface area (Å²) in [5.41, 5.74) is -0.957. The van der Waals surface area contributed by atoms with Crippen LogP contribution in [0.4, 0.5) is 0 Å². The van der Waals surface area contributed by atoms with Gasteiger partial charge < -0.3 is 24.4 Å². The molecule has 3 aliphatic rings. The van der Waals surface area contributed by atoms with Crippen LogP contribution in [-0.4, -0.2) is 59.0 Å². The van der Waals surface area contributed by atoms with Crippen molar-refractivity contribution in [2.24, 2.45) is 28.6 Å². The quantitative estimate of drug-likeness (QED) is 0.163. The summed E-state index contributed by atoms with van der Waals surface area (Å²) < 4.78 is 23.5. The molecule has 9 heteroatoms. The predicted molar refractivity (Wildman–Crippen MR) is 147 cm³/mol. The molecule has 40 heavy (non-hydrogen) atoms. The second kappa shape index (κ2) is 12.6.